The molecule has 1 rings (SSSR count). The van der Waals surface area contributed by atoms with Crippen molar-refractivity contribution in [3.05, 3.63) is 18.0 Å². The van der Waals surface area contributed by atoms with Gasteiger partial charge in [-0.2, -0.15) is 0 Å². The average Bonchev–Trinajstić information content (AvgIpc) is 1.90. The molecule has 0 N–H and O–H groups in total. The monoisotopic (exact) mass is 140 g/mol. The second kappa shape index (κ2) is 2.82. The molecule has 0 aliphatic carbocycles. The molecule has 0 unspecified atom stereocenters. The van der Waals surface area contributed by atoms with E-state index < -0.39 is 0 Å². The number of rotatable bonds is 1. The van der Waals surface area contributed by atoms with Crippen molar-refractivity contribution >= 4 is 11.8 Å². The smallest absolute Gasteiger partial charge is 0.187 e. The summed E-state index contributed by atoms with van der Waals surface area (Å²) < 4.78 is 0. The molecule has 0 atom stereocenters. The fourth-order valence-corrected chi connectivity index (χ4v) is 0.802. The van der Waals surface area contributed by atoms with Gasteiger partial charge in [0.25, 0.3) is 0 Å². The summed E-state index contributed by atoms with van der Waals surface area (Å²) in [5.74, 6) is 0. The molecule has 2 nitrogen and oxygen atoms in total. The second-order valence-electron chi connectivity index (χ2n) is 1.75. The van der Waals surface area contributed by atoms with Crippen molar-refractivity contribution < 1.29 is 0 Å². The van der Waals surface area contributed by atoms with Gasteiger partial charge in [0.05, 0.1) is 0 Å². The van der Waals surface area contributed by atoms with Gasteiger partial charge in [0, 0.05) is 12.4 Å². The van der Waals surface area contributed by atoms with Crippen LogP contribution in [0, 0.1) is 6.92 Å². The molecule has 1 aromatic heterocycles. The Balaban J connectivity index is 2.88. The summed E-state index contributed by atoms with van der Waals surface area (Å²) in [5.41, 5.74) is 1.10. The lowest BCUT2D eigenvalue weighted by Crippen LogP contribution is -1.84. The number of hydrogen-bond donors (Lipinski definition) is 0. The van der Waals surface area contributed by atoms with Crippen LogP contribution >= 0.6 is 11.8 Å². The first-order valence-electron chi connectivity index (χ1n) is 2.65. The molecular weight excluding hydrogens is 132 g/mol. The summed E-state index contributed by atoms with van der Waals surface area (Å²) in [4.78, 5) is 8.10. The Morgan fingerprint density at radius 1 is 1.33 bits per heavy atom. The van der Waals surface area contributed by atoms with Crippen molar-refractivity contribution in [1.29, 1.82) is 0 Å². The zero-order valence-electron chi connectivity index (χ0n) is 5.46. The minimum atomic E-state index is 0.834. The molecule has 48 valence electrons. The normalized spacial score (nSPS) is 9.56. The number of thioether (sulfide) groups is 1. The Morgan fingerprint density at radius 2 is 1.89 bits per heavy atom. The molecule has 0 saturated carbocycles. The highest BCUT2D eigenvalue weighted by Crippen LogP contribution is 2.05. The molecule has 0 aliphatic heterocycles. The maximum Gasteiger partial charge on any atom is 0.187 e. The lowest BCUT2D eigenvalue weighted by atomic mass is 10.4. The largest absolute Gasteiger partial charge is 0.231 e. The van der Waals surface area contributed by atoms with Gasteiger partial charge in [0.15, 0.2) is 5.16 Å². The fraction of sp³-hybridized carbons (Fsp3) is 0.333. The van der Waals surface area contributed by atoms with Gasteiger partial charge in [-0.3, -0.25) is 0 Å². The number of aromatic nitrogens is 2. The van der Waals surface area contributed by atoms with Crippen LogP contribution in [-0.4, -0.2) is 16.2 Å². The highest BCUT2D eigenvalue weighted by molar-refractivity contribution is 7.98. The van der Waals surface area contributed by atoms with Crippen LogP contribution in [0.15, 0.2) is 17.6 Å². The van der Waals surface area contributed by atoms with Gasteiger partial charge in [-0.25, -0.2) is 9.97 Å². The quantitative estimate of drug-likeness (QED) is 0.437. The van der Waals surface area contributed by atoms with Crippen LogP contribution < -0.4 is 0 Å². The Morgan fingerprint density at radius 3 is 2.33 bits per heavy atom. The minimum absolute atomic E-state index is 0.834. The number of aryl methyl sites for hydroxylation is 1. The van der Waals surface area contributed by atoms with Crippen molar-refractivity contribution in [2.75, 3.05) is 6.26 Å². The van der Waals surface area contributed by atoms with E-state index in [1.165, 1.54) is 0 Å². The maximum atomic E-state index is 4.05. The highest BCUT2D eigenvalue weighted by atomic mass is 32.2. The van der Waals surface area contributed by atoms with Gasteiger partial charge in [0.2, 0.25) is 0 Å². The first kappa shape index (κ1) is 6.55. The van der Waals surface area contributed by atoms with Crippen molar-refractivity contribution in [1.82, 2.24) is 9.97 Å². The summed E-state index contributed by atoms with van der Waals surface area (Å²) >= 11 is 1.56. The number of nitrogens with zero attached hydrogens (tertiary/aromatic N) is 2. The third kappa shape index (κ3) is 1.68. The molecule has 0 radical (unpaired) electrons. The topological polar surface area (TPSA) is 25.8 Å². The van der Waals surface area contributed by atoms with Gasteiger partial charge in [0.1, 0.15) is 0 Å². The van der Waals surface area contributed by atoms with E-state index in [0.29, 0.717) is 0 Å². The molecular formula is C6H8N2S. The molecule has 0 aliphatic rings. The average molecular weight is 140 g/mol. The minimum Gasteiger partial charge on any atom is -0.231 e. The van der Waals surface area contributed by atoms with Crippen LogP contribution in [-0.2, 0) is 0 Å². The fourth-order valence-electron chi connectivity index (χ4n) is 0.486. The summed E-state index contributed by atoms with van der Waals surface area (Å²) in [6.45, 7) is 1.98. The van der Waals surface area contributed by atoms with Gasteiger partial charge in [-0.05, 0) is 18.7 Å². The van der Waals surface area contributed by atoms with E-state index in [-0.39, 0.29) is 0 Å². The number of hydrogen-bond acceptors (Lipinski definition) is 3. The van der Waals surface area contributed by atoms with E-state index in [1.54, 1.807) is 11.8 Å². The van der Waals surface area contributed by atoms with Gasteiger partial charge < -0.3 is 0 Å². The molecule has 0 spiro atoms. The lowest BCUT2D eigenvalue weighted by molar-refractivity contribution is 0.953. The van der Waals surface area contributed by atoms with Gasteiger partial charge in [-0.15, -0.1) is 0 Å². The summed E-state index contributed by atoms with van der Waals surface area (Å²) in [6, 6.07) is 0. The molecule has 1 heterocycles. The summed E-state index contributed by atoms with van der Waals surface area (Å²) in [5, 5.41) is 0.834. The van der Waals surface area contributed by atoms with Crippen LogP contribution in [0.2, 0.25) is 0 Å². The predicted octanol–water partition coefficient (Wildman–Crippen LogP) is 1.51. The van der Waals surface area contributed by atoms with Crippen molar-refractivity contribution in [2.45, 2.75) is 12.1 Å². The van der Waals surface area contributed by atoms with E-state index in [9.17, 15) is 0 Å². The zero-order valence-corrected chi connectivity index (χ0v) is 6.27. The standard InChI is InChI=1S/C6H8N2S/c1-5-3-7-6(9-2)8-4-5/h3-4H,1-2H3. The van der Waals surface area contributed by atoms with Crippen LogP contribution in [0.25, 0.3) is 0 Å². The van der Waals surface area contributed by atoms with Crippen LogP contribution in [0.5, 0.6) is 0 Å². The zero-order chi connectivity index (χ0) is 6.69. The van der Waals surface area contributed by atoms with Gasteiger partial charge in [-0.1, -0.05) is 11.8 Å². The molecule has 9 heavy (non-hydrogen) atoms. The van der Waals surface area contributed by atoms with Gasteiger partial charge >= 0.3 is 0 Å². The first-order valence-corrected chi connectivity index (χ1v) is 3.88. The van der Waals surface area contributed by atoms with E-state index in [0.717, 1.165) is 10.7 Å². The lowest BCUT2D eigenvalue weighted by Gasteiger charge is -1.91. The third-order valence-corrected chi connectivity index (χ3v) is 1.52. The van der Waals surface area contributed by atoms with Crippen molar-refractivity contribution in [2.24, 2.45) is 0 Å². The highest BCUT2D eigenvalue weighted by Gasteiger charge is 1.88. The first-order chi connectivity index (χ1) is 4.33. The molecule has 0 fully saturated rings. The summed E-state index contributed by atoms with van der Waals surface area (Å²) in [7, 11) is 0. The van der Waals surface area contributed by atoms with Crippen molar-refractivity contribution in [3.63, 3.8) is 0 Å². The van der Waals surface area contributed by atoms with Crippen molar-refractivity contribution in [3.8, 4) is 0 Å². The van der Waals surface area contributed by atoms with Crippen LogP contribution in [0.1, 0.15) is 5.56 Å². The molecule has 1 aromatic rings. The van der Waals surface area contributed by atoms with E-state index in [1.807, 2.05) is 25.6 Å². The van der Waals surface area contributed by atoms with Crippen LogP contribution in [0.3, 0.4) is 0 Å². The predicted molar refractivity (Wildman–Crippen MR) is 38.6 cm³/mol. The molecule has 3 heteroatoms. The van der Waals surface area contributed by atoms with E-state index in [4.69, 9.17) is 0 Å². The Hall–Kier alpha value is -0.570. The van der Waals surface area contributed by atoms with E-state index in [2.05, 4.69) is 9.97 Å². The molecule has 0 aromatic carbocycles. The third-order valence-electron chi connectivity index (χ3n) is 0.940. The molecule has 0 saturated heterocycles. The van der Waals surface area contributed by atoms with E-state index >= 15 is 0 Å². The maximum absolute atomic E-state index is 4.05. The van der Waals surface area contributed by atoms with Crippen LogP contribution in [0.4, 0.5) is 0 Å². The molecule has 0 amide bonds. The Labute approximate surface area is 58.7 Å². The second-order valence-corrected chi connectivity index (χ2v) is 2.52. The molecule has 0 bridgehead atoms. The SMILES string of the molecule is CSc1ncc(C)cn1. The Kier molecular flexibility index (Phi) is 2.05. The summed E-state index contributed by atoms with van der Waals surface area (Å²) in [6.07, 6.45) is 5.60. The Bertz CT molecular complexity index is 183.